The minimum atomic E-state index is 0.0504. The summed E-state index contributed by atoms with van der Waals surface area (Å²) in [6.45, 7) is 0.485. The van der Waals surface area contributed by atoms with Gasteiger partial charge in [0.1, 0.15) is 5.75 Å². The number of methoxy groups -OCH3 is 1. The molecule has 1 aliphatic rings. The molecule has 0 unspecified atom stereocenters. The van der Waals surface area contributed by atoms with Crippen LogP contribution in [0.3, 0.4) is 0 Å². The molecule has 2 aromatic rings. The zero-order valence-electron chi connectivity index (χ0n) is 13.2. The second-order valence-corrected chi connectivity index (χ2v) is 6.32. The number of aromatic nitrogens is 1. The molecule has 0 spiro atoms. The second-order valence-electron chi connectivity index (χ2n) is 5.89. The largest absolute Gasteiger partial charge is 0.496 e. The molecule has 1 heterocycles. The van der Waals surface area contributed by atoms with Gasteiger partial charge in [0.05, 0.1) is 7.11 Å². The van der Waals surface area contributed by atoms with Crippen LogP contribution < -0.4 is 4.74 Å². The summed E-state index contributed by atoms with van der Waals surface area (Å²) in [5.74, 6) is 1.24. The van der Waals surface area contributed by atoms with Crippen LogP contribution in [0.25, 0.3) is 0 Å². The lowest BCUT2D eigenvalue weighted by molar-refractivity contribution is -0.131. The van der Waals surface area contributed by atoms with Gasteiger partial charge in [0.25, 0.3) is 0 Å². The van der Waals surface area contributed by atoms with Crippen LogP contribution in [0.15, 0.2) is 42.7 Å². The molecule has 0 saturated heterocycles. The number of hydrogen-bond acceptors (Lipinski definition) is 3. The number of carbonyl (C=O) groups is 1. The van der Waals surface area contributed by atoms with E-state index in [0.717, 1.165) is 23.3 Å². The molecule has 0 aliphatic heterocycles. The van der Waals surface area contributed by atoms with Crippen molar-refractivity contribution in [3.63, 3.8) is 0 Å². The highest BCUT2D eigenvalue weighted by molar-refractivity contribution is 6.30. The average molecular weight is 331 g/mol. The first-order valence-corrected chi connectivity index (χ1v) is 7.95. The Labute approximate surface area is 141 Å². The maximum absolute atomic E-state index is 12.6. The molecule has 1 aliphatic carbocycles. The van der Waals surface area contributed by atoms with Crippen LogP contribution in [0.5, 0.6) is 5.75 Å². The number of halogens is 1. The van der Waals surface area contributed by atoms with Crippen molar-refractivity contribution in [2.45, 2.75) is 18.9 Å². The highest BCUT2D eigenvalue weighted by Gasteiger charge is 2.45. The molecule has 0 bridgehead atoms. The summed E-state index contributed by atoms with van der Waals surface area (Å²) >= 11 is 6.05. The molecule has 2 atom stereocenters. The monoisotopic (exact) mass is 330 g/mol. The van der Waals surface area contributed by atoms with Crippen molar-refractivity contribution in [3.05, 3.63) is 58.9 Å². The molecule has 1 aromatic heterocycles. The third kappa shape index (κ3) is 3.48. The Morgan fingerprint density at radius 1 is 1.43 bits per heavy atom. The highest BCUT2D eigenvalue weighted by atomic mass is 35.5. The third-order valence-electron chi connectivity index (χ3n) is 4.25. The smallest absolute Gasteiger partial charge is 0.226 e. The molecule has 3 rings (SSSR count). The Hall–Kier alpha value is -2.07. The van der Waals surface area contributed by atoms with Crippen LogP contribution in [0, 0.1) is 5.92 Å². The van der Waals surface area contributed by atoms with E-state index in [2.05, 4.69) is 4.98 Å². The van der Waals surface area contributed by atoms with E-state index in [1.54, 1.807) is 24.3 Å². The molecule has 1 aromatic carbocycles. The van der Waals surface area contributed by atoms with E-state index in [-0.39, 0.29) is 11.8 Å². The van der Waals surface area contributed by atoms with E-state index in [1.165, 1.54) is 0 Å². The molecular formula is C18H19ClN2O2. The first kappa shape index (κ1) is 15.8. The van der Waals surface area contributed by atoms with Crippen LogP contribution >= 0.6 is 11.6 Å². The summed E-state index contributed by atoms with van der Waals surface area (Å²) < 4.78 is 5.34. The van der Waals surface area contributed by atoms with Gasteiger partial charge in [0, 0.05) is 42.5 Å². The van der Waals surface area contributed by atoms with Gasteiger partial charge in [-0.3, -0.25) is 9.78 Å². The van der Waals surface area contributed by atoms with E-state index in [4.69, 9.17) is 16.3 Å². The van der Waals surface area contributed by atoms with Crippen molar-refractivity contribution in [2.75, 3.05) is 14.2 Å². The predicted octanol–water partition coefficient (Wildman–Crippen LogP) is 3.51. The molecule has 23 heavy (non-hydrogen) atoms. The maximum atomic E-state index is 12.6. The Balaban J connectivity index is 1.66. The van der Waals surface area contributed by atoms with Gasteiger partial charge in [-0.25, -0.2) is 0 Å². The molecule has 4 nitrogen and oxygen atoms in total. The summed E-state index contributed by atoms with van der Waals surface area (Å²) in [7, 11) is 3.44. The Kier molecular flexibility index (Phi) is 4.53. The number of nitrogens with zero attached hydrogens (tertiary/aromatic N) is 2. The van der Waals surface area contributed by atoms with Gasteiger partial charge in [-0.2, -0.15) is 0 Å². The van der Waals surface area contributed by atoms with Gasteiger partial charge >= 0.3 is 0 Å². The first-order valence-electron chi connectivity index (χ1n) is 7.57. The lowest BCUT2D eigenvalue weighted by Crippen LogP contribution is -2.28. The fourth-order valence-electron chi connectivity index (χ4n) is 2.92. The van der Waals surface area contributed by atoms with E-state index in [0.29, 0.717) is 17.5 Å². The van der Waals surface area contributed by atoms with Crippen molar-refractivity contribution < 1.29 is 9.53 Å². The SMILES string of the molecule is COc1ccc(Cl)cc1CN(C)C(=O)[C@H]1C[C@@H]1c1cccnc1. The minimum absolute atomic E-state index is 0.0504. The van der Waals surface area contributed by atoms with Crippen molar-refractivity contribution >= 4 is 17.5 Å². The molecule has 1 amide bonds. The predicted molar refractivity (Wildman–Crippen MR) is 89.6 cm³/mol. The van der Waals surface area contributed by atoms with E-state index < -0.39 is 0 Å². The molecular weight excluding hydrogens is 312 g/mol. The molecule has 5 heteroatoms. The maximum Gasteiger partial charge on any atom is 0.226 e. The average Bonchev–Trinajstić information content (AvgIpc) is 3.36. The lowest BCUT2D eigenvalue weighted by atomic mass is 10.1. The number of hydrogen-bond donors (Lipinski definition) is 0. The number of carbonyl (C=O) groups excluding carboxylic acids is 1. The third-order valence-corrected chi connectivity index (χ3v) is 4.48. The van der Waals surface area contributed by atoms with Crippen LogP contribution in [0.1, 0.15) is 23.5 Å². The summed E-state index contributed by atoms with van der Waals surface area (Å²) in [6, 6.07) is 9.40. The standard InChI is InChI=1S/C18H19ClN2O2/c1-21(11-13-8-14(19)5-6-17(13)23-2)18(22)16-9-15(16)12-4-3-7-20-10-12/h3-8,10,15-16H,9,11H2,1-2H3/t15-,16+/m1/s1. The minimum Gasteiger partial charge on any atom is -0.496 e. The van der Waals surface area contributed by atoms with E-state index in [9.17, 15) is 4.79 Å². The fraction of sp³-hybridized carbons (Fsp3) is 0.333. The van der Waals surface area contributed by atoms with Crippen LogP contribution in [-0.4, -0.2) is 29.9 Å². The zero-order chi connectivity index (χ0) is 16.4. The molecule has 1 saturated carbocycles. The summed E-state index contributed by atoms with van der Waals surface area (Å²) in [5, 5.41) is 0.640. The summed E-state index contributed by atoms with van der Waals surface area (Å²) in [4.78, 5) is 18.5. The number of pyridine rings is 1. The van der Waals surface area contributed by atoms with Crippen molar-refractivity contribution in [1.82, 2.24) is 9.88 Å². The zero-order valence-corrected chi connectivity index (χ0v) is 14.0. The number of benzene rings is 1. The summed E-state index contributed by atoms with van der Waals surface area (Å²) in [6.07, 6.45) is 4.49. The second kappa shape index (κ2) is 6.59. The Morgan fingerprint density at radius 2 is 2.26 bits per heavy atom. The van der Waals surface area contributed by atoms with E-state index in [1.807, 2.05) is 37.5 Å². The lowest BCUT2D eigenvalue weighted by Gasteiger charge is -2.19. The number of amides is 1. The topological polar surface area (TPSA) is 42.4 Å². The fourth-order valence-corrected chi connectivity index (χ4v) is 3.11. The van der Waals surface area contributed by atoms with Crippen molar-refractivity contribution in [1.29, 1.82) is 0 Å². The molecule has 0 N–H and O–H groups in total. The van der Waals surface area contributed by atoms with Gasteiger partial charge in [0.15, 0.2) is 0 Å². The summed E-state index contributed by atoms with van der Waals surface area (Å²) in [5.41, 5.74) is 2.05. The van der Waals surface area contributed by atoms with Gasteiger partial charge in [-0.1, -0.05) is 17.7 Å². The van der Waals surface area contributed by atoms with Gasteiger partial charge < -0.3 is 9.64 Å². The number of ether oxygens (including phenoxy) is 1. The van der Waals surface area contributed by atoms with Crippen LogP contribution in [0.4, 0.5) is 0 Å². The van der Waals surface area contributed by atoms with Gasteiger partial charge in [0.2, 0.25) is 5.91 Å². The van der Waals surface area contributed by atoms with Crippen LogP contribution in [0.2, 0.25) is 5.02 Å². The highest BCUT2D eigenvalue weighted by Crippen LogP contribution is 2.48. The normalized spacial score (nSPS) is 19.3. The van der Waals surface area contributed by atoms with Gasteiger partial charge in [-0.15, -0.1) is 0 Å². The Morgan fingerprint density at radius 3 is 2.96 bits per heavy atom. The van der Waals surface area contributed by atoms with Gasteiger partial charge in [-0.05, 0) is 42.2 Å². The molecule has 0 radical (unpaired) electrons. The molecule has 1 fully saturated rings. The van der Waals surface area contributed by atoms with Crippen LogP contribution in [-0.2, 0) is 11.3 Å². The quantitative estimate of drug-likeness (QED) is 0.842. The van der Waals surface area contributed by atoms with E-state index >= 15 is 0 Å². The van der Waals surface area contributed by atoms with Crippen molar-refractivity contribution in [3.8, 4) is 5.75 Å². The first-order chi connectivity index (χ1) is 11.1. The molecule has 120 valence electrons. The Bertz CT molecular complexity index is 705. The number of rotatable bonds is 5. The van der Waals surface area contributed by atoms with Crippen molar-refractivity contribution in [2.24, 2.45) is 5.92 Å².